The number of likely N-dealkylation sites (N-methyl/N-ethyl adjacent to an activating group) is 1. The quantitative estimate of drug-likeness (QED) is 0.750. The number of nitrogens with one attached hydrogen (secondary N) is 1. The fourth-order valence-corrected chi connectivity index (χ4v) is 1.88. The van der Waals surface area contributed by atoms with Crippen molar-refractivity contribution in [3.63, 3.8) is 0 Å². The molecule has 1 aromatic heterocycles. The van der Waals surface area contributed by atoms with Crippen molar-refractivity contribution in [2.45, 2.75) is 12.5 Å². The Bertz CT molecular complexity index is 389. The second kappa shape index (κ2) is 4.49. The first-order valence-electron chi connectivity index (χ1n) is 5.30. The van der Waals surface area contributed by atoms with E-state index in [2.05, 4.69) is 10.3 Å². The van der Waals surface area contributed by atoms with Crippen molar-refractivity contribution in [3.8, 4) is 5.75 Å². The molecule has 1 aliphatic heterocycles. The average molecular weight is 221 g/mol. The van der Waals surface area contributed by atoms with Crippen LogP contribution in [-0.2, 0) is 0 Å². The molecule has 2 heterocycles. The molecule has 0 aromatic carbocycles. The van der Waals surface area contributed by atoms with Gasteiger partial charge in [0.15, 0.2) is 0 Å². The smallest absolute Gasteiger partial charge is 0.255 e. The molecule has 2 rings (SSSR count). The molecule has 2 N–H and O–H groups in total. The molecule has 0 aliphatic carbocycles. The minimum atomic E-state index is -0.0999. The van der Waals surface area contributed by atoms with Crippen LogP contribution in [0.2, 0.25) is 0 Å². The van der Waals surface area contributed by atoms with E-state index in [9.17, 15) is 9.90 Å². The molecular formula is C11H15N3O2. The minimum Gasteiger partial charge on any atom is -0.506 e. The fourth-order valence-electron chi connectivity index (χ4n) is 1.88. The van der Waals surface area contributed by atoms with E-state index in [0.29, 0.717) is 5.56 Å². The van der Waals surface area contributed by atoms with Gasteiger partial charge < -0.3 is 15.3 Å². The molecule has 1 saturated heterocycles. The molecule has 0 radical (unpaired) electrons. The lowest BCUT2D eigenvalue weighted by atomic mass is 10.2. The Hall–Kier alpha value is -1.62. The zero-order valence-corrected chi connectivity index (χ0v) is 9.18. The van der Waals surface area contributed by atoms with Crippen LogP contribution in [-0.4, -0.2) is 47.1 Å². The Kier molecular flexibility index (Phi) is 3.05. The van der Waals surface area contributed by atoms with Crippen molar-refractivity contribution in [1.29, 1.82) is 0 Å². The maximum atomic E-state index is 12.0. The van der Waals surface area contributed by atoms with Crippen LogP contribution in [0.4, 0.5) is 0 Å². The standard InChI is InChI=1S/C11H15N3O2/c1-14(9-2-3-12-6-9)11(16)8-4-10(15)7-13-5-8/h4-5,7,9,12,15H,2-3,6H2,1H3. The molecular weight excluding hydrogens is 206 g/mol. The van der Waals surface area contributed by atoms with E-state index in [4.69, 9.17) is 0 Å². The number of hydrogen-bond donors (Lipinski definition) is 2. The van der Waals surface area contributed by atoms with Crippen molar-refractivity contribution >= 4 is 5.91 Å². The van der Waals surface area contributed by atoms with E-state index in [-0.39, 0.29) is 17.7 Å². The Balaban J connectivity index is 2.12. The number of pyridine rings is 1. The van der Waals surface area contributed by atoms with Gasteiger partial charge in [0.25, 0.3) is 5.91 Å². The summed E-state index contributed by atoms with van der Waals surface area (Å²) >= 11 is 0. The second-order valence-corrected chi connectivity index (χ2v) is 3.99. The third-order valence-corrected chi connectivity index (χ3v) is 2.87. The summed E-state index contributed by atoms with van der Waals surface area (Å²) in [4.78, 5) is 17.5. The number of carbonyl (C=O) groups excluding carboxylic acids is 1. The summed E-state index contributed by atoms with van der Waals surface area (Å²) in [6.07, 6.45) is 3.75. The lowest BCUT2D eigenvalue weighted by Crippen LogP contribution is -2.38. The van der Waals surface area contributed by atoms with Crippen LogP contribution in [0.3, 0.4) is 0 Å². The second-order valence-electron chi connectivity index (χ2n) is 3.99. The highest BCUT2D eigenvalue weighted by atomic mass is 16.3. The summed E-state index contributed by atoms with van der Waals surface area (Å²) in [6, 6.07) is 1.67. The maximum Gasteiger partial charge on any atom is 0.255 e. The molecule has 1 amide bonds. The van der Waals surface area contributed by atoms with E-state index in [1.807, 2.05) is 0 Å². The Labute approximate surface area is 94.1 Å². The number of rotatable bonds is 2. The summed E-state index contributed by atoms with van der Waals surface area (Å²) in [5, 5.41) is 12.5. The summed E-state index contributed by atoms with van der Waals surface area (Å²) in [5.74, 6) is -0.0825. The molecule has 1 atom stereocenters. The number of aromatic hydroxyl groups is 1. The molecule has 0 bridgehead atoms. The highest BCUT2D eigenvalue weighted by Crippen LogP contribution is 2.14. The van der Waals surface area contributed by atoms with Crippen molar-refractivity contribution < 1.29 is 9.90 Å². The van der Waals surface area contributed by atoms with Gasteiger partial charge >= 0.3 is 0 Å². The molecule has 86 valence electrons. The van der Waals surface area contributed by atoms with Gasteiger partial charge in [-0.25, -0.2) is 0 Å². The van der Waals surface area contributed by atoms with Gasteiger partial charge in [0.2, 0.25) is 0 Å². The molecule has 5 nitrogen and oxygen atoms in total. The Morgan fingerprint density at radius 2 is 2.44 bits per heavy atom. The van der Waals surface area contributed by atoms with Gasteiger partial charge in [-0.15, -0.1) is 0 Å². The lowest BCUT2D eigenvalue weighted by Gasteiger charge is -2.23. The van der Waals surface area contributed by atoms with Crippen molar-refractivity contribution in [2.75, 3.05) is 20.1 Å². The van der Waals surface area contributed by atoms with Gasteiger partial charge in [0.05, 0.1) is 11.8 Å². The number of aromatic nitrogens is 1. The van der Waals surface area contributed by atoms with Gasteiger partial charge in [-0.05, 0) is 19.0 Å². The highest BCUT2D eigenvalue weighted by molar-refractivity contribution is 5.94. The SMILES string of the molecule is CN(C(=O)c1cncc(O)c1)C1CCNC1. The molecule has 0 saturated carbocycles. The van der Waals surface area contributed by atoms with Crippen LogP contribution in [0.1, 0.15) is 16.8 Å². The predicted octanol–water partition coefficient (Wildman–Crippen LogP) is 0.221. The Morgan fingerprint density at radius 3 is 3.06 bits per heavy atom. The molecule has 5 heteroatoms. The van der Waals surface area contributed by atoms with Crippen LogP contribution in [0.25, 0.3) is 0 Å². The van der Waals surface area contributed by atoms with Crippen molar-refractivity contribution in [1.82, 2.24) is 15.2 Å². The fraction of sp³-hybridized carbons (Fsp3) is 0.455. The molecule has 16 heavy (non-hydrogen) atoms. The van der Waals surface area contributed by atoms with Gasteiger partial charge in [-0.2, -0.15) is 0 Å². The number of hydrogen-bond acceptors (Lipinski definition) is 4. The monoisotopic (exact) mass is 221 g/mol. The van der Waals surface area contributed by atoms with Gasteiger partial charge in [0, 0.05) is 25.8 Å². The number of amides is 1. The third-order valence-electron chi connectivity index (χ3n) is 2.87. The van der Waals surface area contributed by atoms with E-state index in [1.165, 1.54) is 18.5 Å². The first-order valence-corrected chi connectivity index (χ1v) is 5.30. The first kappa shape index (κ1) is 10.9. The van der Waals surface area contributed by atoms with Crippen LogP contribution in [0.15, 0.2) is 18.5 Å². The summed E-state index contributed by atoms with van der Waals surface area (Å²) in [6.45, 7) is 1.77. The minimum absolute atomic E-state index is 0.0174. The average Bonchev–Trinajstić information content (AvgIpc) is 2.80. The van der Waals surface area contributed by atoms with E-state index in [1.54, 1.807) is 11.9 Å². The largest absolute Gasteiger partial charge is 0.506 e. The molecule has 1 unspecified atom stereocenters. The summed E-state index contributed by atoms with van der Waals surface area (Å²) < 4.78 is 0. The first-order chi connectivity index (χ1) is 7.68. The zero-order chi connectivity index (χ0) is 11.5. The topological polar surface area (TPSA) is 65.5 Å². The zero-order valence-electron chi connectivity index (χ0n) is 9.18. The van der Waals surface area contributed by atoms with E-state index >= 15 is 0 Å². The molecule has 0 spiro atoms. The number of carbonyl (C=O) groups is 1. The summed E-state index contributed by atoms with van der Waals surface area (Å²) in [5.41, 5.74) is 0.425. The van der Waals surface area contributed by atoms with E-state index in [0.717, 1.165) is 19.5 Å². The lowest BCUT2D eigenvalue weighted by molar-refractivity contribution is 0.0743. The molecule has 1 fully saturated rings. The maximum absolute atomic E-state index is 12.0. The predicted molar refractivity (Wildman–Crippen MR) is 59.3 cm³/mol. The Morgan fingerprint density at radius 1 is 1.62 bits per heavy atom. The number of nitrogens with zero attached hydrogens (tertiary/aromatic N) is 2. The van der Waals surface area contributed by atoms with Crippen LogP contribution >= 0.6 is 0 Å². The van der Waals surface area contributed by atoms with E-state index < -0.39 is 0 Å². The van der Waals surface area contributed by atoms with Gasteiger partial charge in [-0.1, -0.05) is 0 Å². The molecule has 1 aromatic rings. The van der Waals surface area contributed by atoms with Crippen LogP contribution in [0.5, 0.6) is 5.75 Å². The van der Waals surface area contributed by atoms with Crippen molar-refractivity contribution in [3.05, 3.63) is 24.0 Å². The van der Waals surface area contributed by atoms with Crippen LogP contribution < -0.4 is 5.32 Å². The third kappa shape index (κ3) is 2.14. The van der Waals surface area contributed by atoms with Crippen molar-refractivity contribution in [2.24, 2.45) is 0 Å². The van der Waals surface area contributed by atoms with Crippen LogP contribution in [0, 0.1) is 0 Å². The van der Waals surface area contributed by atoms with Gasteiger partial charge in [-0.3, -0.25) is 9.78 Å². The summed E-state index contributed by atoms with van der Waals surface area (Å²) in [7, 11) is 1.78. The van der Waals surface area contributed by atoms with Gasteiger partial charge in [0.1, 0.15) is 5.75 Å². The highest BCUT2D eigenvalue weighted by Gasteiger charge is 2.24. The molecule has 1 aliphatic rings. The normalized spacial score (nSPS) is 19.7.